The first-order valence-electron chi connectivity index (χ1n) is 7.06. The predicted molar refractivity (Wildman–Crippen MR) is 80.0 cm³/mol. The Labute approximate surface area is 118 Å². The van der Waals surface area contributed by atoms with Crippen LogP contribution in [-0.2, 0) is 0 Å². The number of nitrogens with two attached hydrogens (primary N) is 1. The third-order valence-electron chi connectivity index (χ3n) is 3.59. The number of anilines is 1. The fourth-order valence-electron chi connectivity index (χ4n) is 2.58. The van der Waals surface area contributed by atoms with Crippen LogP contribution in [0.1, 0.15) is 13.3 Å². The molecule has 1 aromatic heterocycles. The summed E-state index contributed by atoms with van der Waals surface area (Å²) in [4.78, 5) is 2.22. The Morgan fingerprint density at radius 3 is 3.05 bits per heavy atom. The number of H-pyrrole nitrogens is 1. The van der Waals surface area contributed by atoms with Crippen molar-refractivity contribution >= 4 is 5.82 Å². The average molecular weight is 272 g/mol. The van der Waals surface area contributed by atoms with Gasteiger partial charge in [-0.3, -0.25) is 5.10 Å². The third-order valence-corrected chi connectivity index (χ3v) is 3.59. The van der Waals surface area contributed by atoms with E-state index in [0.29, 0.717) is 6.61 Å². The van der Waals surface area contributed by atoms with Crippen LogP contribution in [0.15, 0.2) is 30.3 Å². The van der Waals surface area contributed by atoms with Crippen molar-refractivity contribution in [1.82, 2.24) is 10.2 Å². The molecule has 20 heavy (non-hydrogen) atoms. The van der Waals surface area contributed by atoms with Crippen LogP contribution in [0.4, 0.5) is 5.82 Å². The van der Waals surface area contributed by atoms with E-state index in [9.17, 15) is 0 Å². The standard InChI is InChI=1S/C15H20N4O/c1-2-20-14-6-4-3-5-12(14)13-9-15(18-17-13)19-8-7-11(16)10-19/h3-6,9,11H,2,7-8,10,16H2,1H3,(H,17,18). The zero-order chi connectivity index (χ0) is 13.9. The second kappa shape index (κ2) is 5.54. The van der Waals surface area contributed by atoms with Crippen molar-refractivity contribution in [2.75, 3.05) is 24.6 Å². The molecule has 0 bridgehead atoms. The highest BCUT2D eigenvalue weighted by Gasteiger charge is 2.21. The van der Waals surface area contributed by atoms with E-state index >= 15 is 0 Å². The molecule has 106 valence electrons. The summed E-state index contributed by atoms with van der Waals surface area (Å²) in [5, 5.41) is 7.50. The minimum Gasteiger partial charge on any atom is -0.493 e. The molecule has 3 N–H and O–H groups in total. The Morgan fingerprint density at radius 1 is 1.45 bits per heavy atom. The lowest BCUT2D eigenvalue weighted by molar-refractivity contribution is 0.341. The minimum atomic E-state index is 0.255. The van der Waals surface area contributed by atoms with Crippen LogP contribution in [0.25, 0.3) is 11.3 Å². The highest BCUT2D eigenvalue weighted by atomic mass is 16.5. The number of nitrogens with zero attached hydrogens (tertiary/aromatic N) is 2. The average Bonchev–Trinajstić information content (AvgIpc) is 3.08. The number of rotatable bonds is 4. The van der Waals surface area contributed by atoms with Gasteiger partial charge < -0.3 is 15.4 Å². The largest absolute Gasteiger partial charge is 0.493 e. The summed E-state index contributed by atoms with van der Waals surface area (Å²) in [5.41, 5.74) is 7.96. The van der Waals surface area contributed by atoms with Crippen molar-refractivity contribution in [3.63, 3.8) is 0 Å². The van der Waals surface area contributed by atoms with E-state index in [1.807, 2.05) is 31.2 Å². The monoisotopic (exact) mass is 272 g/mol. The molecule has 2 heterocycles. The number of benzene rings is 1. The molecule has 5 nitrogen and oxygen atoms in total. The molecule has 1 fully saturated rings. The molecule has 2 aromatic rings. The molecule has 0 saturated carbocycles. The molecule has 3 rings (SSSR count). The number of ether oxygens (including phenoxy) is 1. The topological polar surface area (TPSA) is 67.2 Å². The predicted octanol–water partition coefficient (Wildman–Crippen LogP) is 2.01. The summed E-state index contributed by atoms with van der Waals surface area (Å²) in [6, 6.07) is 10.3. The van der Waals surface area contributed by atoms with Gasteiger partial charge in [0.15, 0.2) is 5.82 Å². The molecule has 0 spiro atoms. The molecule has 1 aliphatic heterocycles. The number of nitrogens with one attached hydrogen (secondary N) is 1. The van der Waals surface area contributed by atoms with Crippen molar-refractivity contribution in [2.24, 2.45) is 5.73 Å². The Bertz CT molecular complexity index is 581. The smallest absolute Gasteiger partial charge is 0.151 e. The lowest BCUT2D eigenvalue weighted by Gasteiger charge is -2.13. The van der Waals surface area contributed by atoms with Gasteiger partial charge in [-0.1, -0.05) is 12.1 Å². The van der Waals surface area contributed by atoms with E-state index in [1.165, 1.54) is 0 Å². The van der Waals surface area contributed by atoms with Crippen LogP contribution in [0.3, 0.4) is 0 Å². The Hall–Kier alpha value is -2.01. The van der Waals surface area contributed by atoms with Gasteiger partial charge in [0.05, 0.1) is 12.3 Å². The molecule has 1 unspecified atom stereocenters. The molecule has 1 aliphatic rings. The van der Waals surface area contributed by atoms with Crippen LogP contribution in [0.5, 0.6) is 5.75 Å². The fraction of sp³-hybridized carbons (Fsp3) is 0.400. The highest BCUT2D eigenvalue weighted by Crippen LogP contribution is 2.31. The maximum Gasteiger partial charge on any atom is 0.151 e. The van der Waals surface area contributed by atoms with Crippen LogP contribution in [0, 0.1) is 0 Å². The molecule has 0 amide bonds. The van der Waals surface area contributed by atoms with Crippen molar-refractivity contribution in [1.29, 1.82) is 0 Å². The van der Waals surface area contributed by atoms with E-state index in [0.717, 1.165) is 42.3 Å². The number of aromatic amines is 1. The summed E-state index contributed by atoms with van der Waals surface area (Å²) >= 11 is 0. The summed E-state index contributed by atoms with van der Waals surface area (Å²) in [5.74, 6) is 1.84. The Balaban J connectivity index is 1.86. The summed E-state index contributed by atoms with van der Waals surface area (Å²) in [7, 11) is 0. The first kappa shape index (κ1) is 13.0. The highest BCUT2D eigenvalue weighted by molar-refractivity contribution is 5.69. The Morgan fingerprint density at radius 2 is 2.30 bits per heavy atom. The molecule has 1 aromatic carbocycles. The zero-order valence-electron chi connectivity index (χ0n) is 11.7. The molecule has 1 atom stereocenters. The minimum absolute atomic E-state index is 0.255. The zero-order valence-corrected chi connectivity index (χ0v) is 11.7. The first-order chi connectivity index (χ1) is 9.78. The van der Waals surface area contributed by atoms with Gasteiger partial charge in [0.1, 0.15) is 5.75 Å². The van der Waals surface area contributed by atoms with E-state index in [4.69, 9.17) is 10.5 Å². The first-order valence-corrected chi connectivity index (χ1v) is 7.06. The van der Waals surface area contributed by atoms with Gasteiger partial charge in [-0.2, -0.15) is 5.10 Å². The van der Waals surface area contributed by atoms with Gasteiger partial charge in [-0.25, -0.2) is 0 Å². The maximum atomic E-state index is 5.94. The summed E-state index contributed by atoms with van der Waals surface area (Å²) < 4.78 is 5.66. The van der Waals surface area contributed by atoms with Crippen LogP contribution in [-0.4, -0.2) is 35.9 Å². The second-order valence-electron chi connectivity index (χ2n) is 5.06. The molecule has 0 aliphatic carbocycles. The Kier molecular flexibility index (Phi) is 3.60. The van der Waals surface area contributed by atoms with Gasteiger partial charge >= 0.3 is 0 Å². The van der Waals surface area contributed by atoms with E-state index in [2.05, 4.69) is 21.2 Å². The lowest BCUT2D eigenvalue weighted by Crippen LogP contribution is -2.26. The van der Waals surface area contributed by atoms with Crippen molar-refractivity contribution in [2.45, 2.75) is 19.4 Å². The van der Waals surface area contributed by atoms with Crippen LogP contribution < -0.4 is 15.4 Å². The van der Waals surface area contributed by atoms with Crippen LogP contribution in [0.2, 0.25) is 0 Å². The SMILES string of the molecule is CCOc1ccccc1-c1cc(N2CCC(N)C2)n[nH]1. The number of para-hydroxylation sites is 1. The third kappa shape index (κ3) is 2.49. The van der Waals surface area contributed by atoms with Gasteiger partial charge in [0.25, 0.3) is 0 Å². The van der Waals surface area contributed by atoms with E-state index < -0.39 is 0 Å². The number of hydrogen-bond acceptors (Lipinski definition) is 4. The molecule has 5 heteroatoms. The van der Waals surface area contributed by atoms with Gasteiger partial charge in [0, 0.05) is 30.8 Å². The van der Waals surface area contributed by atoms with Gasteiger partial charge in [-0.05, 0) is 25.5 Å². The van der Waals surface area contributed by atoms with Crippen molar-refractivity contribution in [3.8, 4) is 17.0 Å². The van der Waals surface area contributed by atoms with Gasteiger partial charge in [0.2, 0.25) is 0 Å². The lowest BCUT2D eigenvalue weighted by atomic mass is 10.1. The van der Waals surface area contributed by atoms with E-state index in [1.54, 1.807) is 0 Å². The second-order valence-corrected chi connectivity index (χ2v) is 5.06. The van der Waals surface area contributed by atoms with Crippen LogP contribution >= 0.6 is 0 Å². The van der Waals surface area contributed by atoms with E-state index in [-0.39, 0.29) is 6.04 Å². The summed E-state index contributed by atoms with van der Waals surface area (Å²) in [6.07, 6.45) is 1.03. The fourth-order valence-corrected chi connectivity index (χ4v) is 2.58. The quantitative estimate of drug-likeness (QED) is 0.893. The number of hydrogen-bond donors (Lipinski definition) is 2. The molecule has 0 radical (unpaired) electrons. The van der Waals surface area contributed by atoms with Crippen molar-refractivity contribution in [3.05, 3.63) is 30.3 Å². The molecular formula is C15H20N4O. The number of aromatic nitrogens is 2. The normalized spacial score (nSPS) is 18.5. The maximum absolute atomic E-state index is 5.94. The molecule has 1 saturated heterocycles. The van der Waals surface area contributed by atoms with Gasteiger partial charge in [-0.15, -0.1) is 0 Å². The van der Waals surface area contributed by atoms with Crippen molar-refractivity contribution < 1.29 is 4.74 Å². The summed E-state index contributed by atoms with van der Waals surface area (Å²) in [6.45, 7) is 4.48. The molecular weight excluding hydrogens is 252 g/mol.